The summed E-state index contributed by atoms with van der Waals surface area (Å²) in [5.41, 5.74) is 5.70. The standard InChI is InChI=1S/C20H18BrN5/c1-12-8-17(9-13(2)18(12)21)24-19-14(3)11-23-20(26-19)25-16-6-4-15(10-22)5-7-16/h4-9,11H,1-3H3,(H2,23,24,25,26). The lowest BCUT2D eigenvalue weighted by atomic mass is 10.1. The quantitative estimate of drug-likeness (QED) is 0.595. The largest absolute Gasteiger partial charge is 0.340 e. The summed E-state index contributed by atoms with van der Waals surface area (Å²) in [6.07, 6.45) is 1.78. The molecule has 0 aliphatic carbocycles. The van der Waals surface area contributed by atoms with Crippen LogP contribution >= 0.6 is 15.9 Å². The van der Waals surface area contributed by atoms with Gasteiger partial charge in [0.25, 0.3) is 0 Å². The number of benzene rings is 2. The van der Waals surface area contributed by atoms with Gasteiger partial charge in [-0.3, -0.25) is 0 Å². The highest BCUT2D eigenvalue weighted by Gasteiger charge is 2.08. The minimum absolute atomic E-state index is 0.494. The highest BCUT2D eigenvalue weighted by atomic mass is 79.9. The Balaban J connectivity index is 1.84. The van der Waals surface area contributed by atoms with E-state index in [-0.39, 0.29) is 0 Å². The molecule has 3 rings (SSSR count). The van der Waals surface area contributed by atoms with Gasteiger partial charge in [-0.05, 0) is 68.3 Å². The number of aryl methyl sites for hydroxylation is 3. The molecule has 130 valence electrons. The lowest BCUT2D eigenvalue weighted by Crippen LogP contribution is -2.03. The fraction of sp³-hybridized carbons (Fsp3) is 0.150. The molecular formula is C20H18BrN5. The molecule has 0 atom stereocenters. The molecule has 0 fully saturated rings. The van der Waals surface area contributed by atoms with Crippen molar-refractivity contribution in [2.75, 3.05) is 10.6 Å². The third kappa shape index (κ3) is 4.01. The molecule has 0 aliphatic rings. The molecule has 2 aromatic carbocycles. The molecule has 0 unspecified atom stereocenters. The highest BCUT2D eigenvalue weighted by molar-refractivity contribution is 9.10. The van der Waals surface area contributed by atoms with Gasteiger partial charge in [-0.25, -0.2) is 4.98 Å². The smallest absolute Gasteiger partial charge is 0.229 e. The van der Waals surface area contributed by atoms with Crippen molar-refractivity contribution >= 4 is 39.1 Å². The fourth-order valence-corrected chi connectivity index (χ4v) is 2.77. The van der Waals surface area contributed by atoms with Crippen LogP contribution in [0.5, 0.6) is 0 Å². The molecule has 6 heteroatoms. The summed E-state index contributed by atoms with van der Waals surface area (Å²) in [4.78, 5) is 8.91. The minimum atomic E-state index is 0.494. The van der Waals surface area contributed by atoms with Crippen molar-refractivity contribution in [2.24, 2.45) is 0 Å². The molecule has 0 radical (unpaired) electrons. The lowest BCUT2D eigenvalue weighted by molar-refractivity contribution is 1.13. The van der Waals surface area contributed by atoms with Crippen LogP contribution in [-0.2, 0) is 0 Å². The lowest BCUT2D eigenvalue weighted by Gasteiger charge is -2.13. The van der Waals surface area contributed by atoms with Gasteiger partial charge in [0.2, 0.25) is 5.95 Å². The molecule has 0 saturated carbocycles. The van der Waals surface area contributed by atoms with Crippen molar-refractivity contribution in [1.29, 1.82) is 5.26 Å². The van der Waals surface area contributed by atoms with Crippen molar-refractivity contribution in [3.63, 3.8) is 0 Å². The molecular weight excluding hydrogens is 390 g/mol. The van der Waals surface area contributed by atoms with Crippen LogP contribution in [0.4, 0.5) is 23.1 Å². The Morgan fingerprint density at radius 2 is 1.58 bits per heavy atom. The first-order valence-corrected chi connectivity index (χ1v) is 8.90. The van der Waals surface area contributed by atoms with Gasteiger partial charge in [0, 0.05) is 27.6 Å². The molecule has 1 heterocycles. The molecule has 0 aliphatic heterocycles. The third-order valence-corrected chi connectivity index (χ3v) is 5.19. The maximum Gasteiger partial charge on any atom is 0.229 e. The molecule has 3 aromatic rings. The number of nitrogens with one attached hydrogen (secondary N) is 2. The Hall–Kier alpha value is -2.91. The Bertz CT molecular complexity index is 967. The first-order valence-electron chi connectivity index (χ1n) is 8.11. The SMILES string of the molecule is Cc1cnc(Nc2ccc(C#N)cc2)nc1Nc1cc(C)c(Br)c(C)c1. The van der Waals surface area contributed by atoms with E-state index in [0.717, 1.165) is 38.4 Å². The number of hydrogen-bond acceptors (Lipinski definition) is 5. The number of aromatic nitrogens is 2. The van der Waals surface area contributed by atoms with Gasteiger partial charge in [0.1, 0.15) is 5.82 Å². The number of nitrogens with zero attached hydrogens (tertiary/aromatic N) is 3. The maximum atomic E-state index is 8.88. The number of hydrogen-bond donors (Lipinski definition) is 2. The van der Waals surface area contributed by atoms with Crippen LogP contribution in [0.2, 0.25) is 0 Å². The Morgan fingerprint density at radius 3 is 2.19 bits per heavy atom. The summed E-state index contributed by atoms with van der Waals surface area (Å²) >= 11 is 3.59. The van der Waals surface area contributed by atoms with Gasteiger partial charge >= 0.3 is 0 Å². The van der Waals surface area contributed by atoms with Crippen LogP contribution in [-0.4, -0.2) is 9.97 Å². The zero-order valence-electron chi connectivity index (χ0n) is 14.8. The van der Waals surface area contributed by atoms with Gasteiger partial charge in [-0.1, -0.05) is 15.9 Å². The highest BCUT2D eigenvalue weighted by Crippen LogP contribution is 2.27. The summed E-state index contributed by atoms with van der Waals surface area (Å²) in [5, 5.41) is 15.4. The predicted molar refractivity (Wildman–Crippen MR) is 108 cm³/mol. The second kappa shape index (κ2) is 7.54. The van der Waals surface area contributed by atoms with Gasteiger partial charge in [-0.2, -0.15) is 10.2 Å². The van der Waals surface area contributed by atoms with E-state index in [1.54, 1.807) is 18.3 Å². The van der Waals surface area contributed by atoms with Crippen molar-refractivity contribution < 1.29 is 0 Å². The van der Waals surface area contributed by atoms with E-state index in [4.69, 9.17) is 5.26 Å². The monoisotopic (exact) mass is 407 g/mol. The summed E-state index contributed by atoms with van der Waals surface area (Å²) in [6, 6.07) is 13.4. The predicted octanol–water partition coefficient (Wildman–Crippen LogP) is 5.52. The first-order chi connectivity index (χ1) is 12.5. The van der Waals surface area contributed by atoms with Crippen LogP contribution in [0, 0.1) is 32.1 Å². The Morgan fingerprint density at radius 1 is 0.923 bits per heavy atom. The first kappa shape index (κ1) is 17.9. The number of halogens is 1. The average molecular weight is 408 g/mol. The second-order valence-corrected chi connectivity index (χ2v) is 6.88. The van der Waals surface area contributed by atoms with Crippen LogP contribution in [0.3, 0.4) is 0 Å². The fourth-order valence-electron chi connectivity index (χ4n) is 2.54. The molecule has 0 spiro atoms. The zero-order valence-corrected chi connectivity index (χ0v) is 16.3. The minimum Gasteiger partial charge on any atom is -0.340 e. The van der Waals surface area contributed by atoms with Crippen molar-refractivity contribution in [3.05, 3.63) is 69.3 Å². The molecule has 0 saturated heterocycles. The van der Waals surface area contributed by atoms with Gasteiger partial charge < -0.3 is 10.6 Å². The Labute approximate surface area is 161 Å². The van der Waals surface area contributed by atoms with Crippen LogP contribution < -0.4 is 10.6 Å². The summed E-state index contributed by atoms with van der Waals surface area (Å²) < 4.78 is 1.12. The summed E-state index contributed by atoms with van der Waals surface area (Å²) in [7, 11) is 0. The molecule has 26 heavy (non-hydrogen) atoms. The topological polar surface area (TPSA) is 73.6 Å². The third-order valence-electron chi connectivity index (χ3n) is 3.94. The number of nitriles is 1. The van der Waals surface area contributed by atoms with Gasteiger partial charge in [-0.15, -0.1) is 0 Å². The summed E-state index contributed by atoms with van der Waals surface area (Å²) in [5.74, 6) is 1.24. The van der Waals surface area contributed by atoms with E-state index >= 15 is 0 Å². The molecule has 2 N–H and O–H groups in total. The van der Waals surface area contributed by atoms with E-state index < -0.39 is 0 Å². The maximum absolute atomic E-state index is 8.88. The Kier molecular flexibility index (Phi) is 5.19. The summed E-state index contributed by atoms with van der Waals surface area (Å²) in [6.45, 7) is 6.09. The second-order valence-electron chi connectivity index (χ2n) is 6.09. The molecule has 5 nitrogen and oxygen atoms in total. The van der Waals surface area contributed by atoms with E-state index in [2.05, 4.69) is 68.6 Å². The van der Waals surface area contributed by atoms with Crippen molar-refractivity contribution in [3.8, 4) is 6.07 Å². The average Bonchev–Trinajstić information content (AvgIpc) is 2.63. The molecule has 0 amide bonds. The van der Waals surface area contributed by atoms with E-state index in [9.17, 15) is 0 Å². The van der Waals surface area contributed by atoms with Crippen molar-refractivity contribution in [2.45, 2.75) is 20.8 Å². The van der Waals surface area contributed by atoms with Gasteiger partial charge in [0.05, 0.1) is 11.6 Å². The zero-order chi connectivity index (χ0) is 18.7. The molecule has 1 aromatic heterocycles. The normalized spacial score (nSPS) is 10.3. The number of anilines is 4. The molecule has 0 bridgehead atoms. The van der Waals surface area contributed by atoms with Gasteiger partial charge in [0.15, 0.2) is 0 Å². The van der Waals surface area contributed by atoms with E-state index in [1.165, 1.54) is 0 Å². The van der Waals surface area contributed by atoms with Crippen LogP contribution in [0.25, 0.3) is 0 Å². The van der Waals surface area contributed by atoms with Crippen LogP contribution in [0.1, 0.15) is 22.3 Å². The van der Waals surface area contributed by atoms with E-state index in [1.807, 2.05) is 19.1 Å². The van der Waals surface area contributed by atoms with Crippen LogP contribution in [0.15, 0.2) is 47.1 Å². The van der Waals surface area contributed by atoms with E-state index in [0.29, 0.717) is 11.5 Å². The van der Waals surface area contributed by atoms with Crippen molar-refractivity contribution in [1.82, 2.24) is 9.97 Å². The number of rotatable bonds is 4.